The van der Waals surface area contributed by atoms with Crippen molar-refractivity contribution in [3.05, 3.63) is 18.0 Å². The van der Waals surface area contributed by atoms with E-state index in [1.807, 2.05) is 6.20 Å². The van der Waals surface area contributed by atoms with Gasteiger partial charge in [-0.2, -0.15) is 5.10 Å². The highest BCUT2D eigenvalue weighted by molar-refractivity contribution is 5.10. The van der Waals surface area contributed by atoms with Gasteiger partial charge in [-0.1, -0.05) is 20.3 Å². The fourth-order valence-electron chi connectivity index (χ4n) is 3.08. The van der Waals surface area contributed by atoms with E-state index in [1.165, 1.54) is 44.2 Å². The van der Waals surface area contributed by atoms with Crippen LogP contribution in [-0.2, 0) is 6.54 Å². The minimum Gasteiger partial charge on any atom is -0.314 e. The van der Waals surface area contributed by atoms with Crippen molar-refractivity contribution in [3.8, 4) is 0 Å². The Hall–Kier alpha value is -0.830. The van der Waals surface area contributed by atoms with Gasteiger partial charge in [-0.05, 0) is 44.7 Å². The van der Waals surface area contributed by atoms with Crippen LogP contribution in [-0.4, -0.2) is 22.4 Å². The summed E-state index contributed by atoms with van der Waals surface area (Å²) in [4.78, 5) is 0. The SMILES string of the molecule is CCCNC1CCCC(c2ccnn2CCC)C1. The van der Waals surface area contributed by atoms with Crippen LogP contribution in [0, 0.1) is 0 Å². The first-order valence-electron chi connectivity index (χ1n) is 7.60. The van der Waals surface area contributed by atoms with E-state index in [-0.39, 0.29) is 0 Å². The molecule has 0 bridgehead atoms. The van der Waals surface area contributed by atoms with Crippen LogP contribution in [0.3, 0.4) is 0 Å². The Bertz CT molecular complexity index is 345. The van der Waals surface area contributed by atoms with Crippen molar-refractivity contribution >= 4 is 0 Å². The van der Waals surface area contributed by atoms with Crippen LogP contribution in [0.2, 0.25) is 0 Å². The van der Waals surface area contributed by atoms with Crippen LogP contribution >= 0.6 is 0 Å². The lowest BCUT2D eigenvalue weighted by Gasteiger charge is -2.30. The zero-order chi connectivity index (χ0) is 12.8. The van der Waals surface area contributed by atoms with E-state index in [0.717, 1.165) is 13.1 Å². The maximum absolute atomic E-state index is 4.46. The molecule has 1 aliphatic rings. The fraction of sp³-hybridized carbons (Fsp3) is 0.800. The van der Waals surface area contributed by atoms with Crippen LogP contribution in [0.4, 0.5) is 0 Å². The number of nitrogens with one attached hydrogen (secondary N) is 1. The highest BCUT2D eigenvalue weighted by atomic mass is 15.3. The summed E-state index contributed by atoms with van der Waals surface area (Å²) in [5.41, 5.74) is 1.46. The lowest BCUT2D eigenvalue weighted by atomic mass is 9.83. The minimum absolute atomic E-state index is 0.710. The molecule has 1 aromatic heterocycles. The largest absolute Gasteiger partial charge is 0.314 e. The molecule has 1 N–H and O–H groups in total. The van der Waals surface area contributed by atoms with E-state index in [0.29, 0.717) is 12.0 Å². The van der Waals surface area contributed by atoms with E-state index in [4.69, 9.17) is 0 Å². The van der Waals surface area contributed by atoms with Crippen LogP contribution in [0.1, 0.15) is 64.0 Å². The molecular weight excluding hydrogens is 222 g/mol. The summed E-state index contributed by atoms with van der Waals surface area (Å²) in [5.74, 6) is 0.710. The molecule has 1 aromatic rings. The molecule has 0 amide bonds. The summed E-state index contributed by atoms with van der Waals surface area (Å²) >= 11 is 0. The molecule has 2 rings (SSSR count). The quantitative estimate of drug-likeness (QED) is 0.838. The van der Waals surface area contributed by atoms with E-state index < -0.39 is 0 Å². The topological polar surface area (TPSA) is 29.9 Å². The van der Waals surface area contributed by atoms with Crippen molar-refractivity contribution in [2.24, 2.45) is 0 Å². The van der Waals surface area contributed by atoms with Crippen molar-refractivity contribution in [2.75, 3.05) is 6.54 Å². The number of hydrogen-bond acceptors (Lipinski definition) is 2. The van der Waals surface area contributed by atoms with E-state index in [2.05, 4.69) is 35.0 Å². The van der Waals surface area contributed by atoms with Gasteiger partial charge in [0.05, 0.1) is 0 Å². The van der Waals surface area contributed by atoms with Gasteiger partial charge in [0, 0.05) is 30.4 Å². The predicted molar refractivity (Wildman–Crippen MR) is 75.8 cm³/mol. The monoisotopic (exact) mass is 249 g/mol. The molecule has 0 aromatic carbocycles. The van der Waals surface area contributed by atoms with Crippen molar-refractivity contribution in [1.82, 2.24) is 15.1 Å². The van der Waals surface area contributed by atoms with Gasteiger partial charge in [0.15, 0.2) is 0 Å². The Morgan fingerprint density at radius 3 is 3.00 bits per heavy atom. The van der Waals surface area contributed by atoms with Gasteiger partial charge in [0.2, 0.25) is 0 Å². The van der Waals surface area contributed by atoms with E-state index in [9.17, 15) is 0 Å². The molecule has 0 aliphatic heterocycles. The first-order chi connectivity index (χ1) is 8.85. The third-order valence-corrected chi connectivity index (χ3v) is 3.96. The molecule has 18 heavy (non-hydrogen) atoms. The first-order valence-corrected chi connectivity index (χ1v) is 7.60. The van der Waals surface area contributed by atoms with Crippen LogP contribution in [0.5, 0.6) is 0 Å². The second-order valence-electron chi connectivity index (χ2n) is 5.49. The maximum atomic E-state index is 4.46. The minimum atomic E-state index is 0.710. The number of aromatic nitrogens is 2. The molecule has 1 saturated carbocycles. The van der Waals surface area contributed by atoms with Crippen molar-refractivity contribution in [3.63, 3.8) is 0 Å². The molecule has 1 heterocycles. The van der Waals surface area contributed by atoms with Gasteiger partial charge in [0.1, 0.15) is 0 Å². The smallest absolute Gasteiger partial charge is 0.0492 e. The number of aryl methyl sites for hydroxylation is 1. The van der Waals surface area contributed by atoms with Gasteiger partial charge in [-0.3, -0.25) is 4.68 Å². The third-order valence-electron chi connectivity index (χ3n) is 3.96. The third kappa shape index (κ3) is 3.35. The van der Waals surface area contributed by atoms with Crippen LogP contribution in [0.25, 0.3) is 0 Å². The van der Waals surface area contributed by atoms with Crippen molar-refractivity contribution in [1.29, 1.82) is 0 Å². The molecule has 0 radical (unpaired) electrons. The lowest BCUT2D eigenvalue weighted by molar-refractivity contribution is 0.328. The highest BCUT2D eigenvalue weighted by Crippen LogP contribution is 2.32. The Morgan fingerprint density at radius 2 is 2.22 bits per heavy atom. The highest BCUT2D eigenvalue weighted by Gasteiger charge is 2.24. The molecule has 0 saturated heterocycles. The van der Waals surface area contributed by atoms with E-state index >= 15 is 0 Å². The summed E-state index contributed by atoms with van der Waals surface area (Å²) in [5, 5.41) is 8.15. The van der Waals surface area contributed by atoms with Gasteiger partial charge in [-0.15, -0.1) is 0 Å². The fourth-order valence-corrected chi connectivity index (χ4v) is 3.08. The summed E-state index contributed by atoms with van der Waals surface area (Å²) in [6.07, 6.45) is 9.68. The maximum Gasteiger partial charge on any atom is 0.0492 e. The second-order valence-corrected chi connectivity index (χ2v) is 5.49. The second kappa shape index (κ2) is 6.93. The van der Waals surface area contributed by atoms with Crippen molar-refractivity contribution in [2.45, 2.75) is 70.9 Å². The van der Waals surface area contributed by atoms with Crippen LogP contribution < -0.4 is 5.32 Å². The normalized spacial score (nSPS) is 24.3. The number of rotatable bonds is 6. The lowest BCUT2D eigenvalue weighted by Crippen LogP contribution is -2.34. The summed E-state index contributed by atoms with van der Waals surface area (Å²) in [6.45, 7) is 6.68. The van der Waals surface area contributed by atoms with Gasteiger partial charge < -0.3 is 5.32 Å². The molecule has 2 atom stereocenters. The average Bonchev–Trinajstić information content (AvgIpc) is 2.85. The Balaban J connectivity index is 1.97. The first kappa shape index (κ1) is 13.6. The van der Waals surface area contributed by atoms with Gasteiger partial charge in [0.25, 0.3) is 0 Å². The molecule has 2 unspecified atom stereocenters. The molecule has 0 spiro atoms. The summed E-state index contributed by atoms with van der Waals surface area (Å²) in [7, 11) is 0. The van der Waals surface area contributed by atoms with Gasteiger partial charge >= 0.3 is 0 Å². The van der Waals surface area contributed by atoms with Crippen molar-refractivity contribution < 1.29 is 0 Å². The molecule has 102 valence electrons. The average molecular weight is 249 g/mol. The predicted octanol–water partition coefficient (Wildman–Crippen LogP) is 3.32. The van der Waals surface area contributed by atoms with Crippen LogP contribution in [0.15, 0.2) is 12.3 Å². The Morgan fingerprint density at radius 1 is 1.33 bits per heavy atom. The standard InChI is InChI=1S/C15H27N3/c1-3-9-16-14-7-5-6-13(12-14)15-8-10-17-18(15)11-4-2/h8,10,13-14,16H,3-7,9,11-12H2,1-2H3. The molecule has 3 nitrogen and oxygen atoms in total. The molecule has 1 fully saturated rings. The zero-order valence-electron chi connectivity index (χ0n) is 11.9. The Labute approximate surface area is 111 Å². The Kier molecular flexibility index (Phi) is 5.24. The zero-order valence-corrected chi connectivity index (χ0v) is 11.9. The molecule has 3 heteroatoms. The van der Waals surface area contributed by atoms with E-state index in [1.54, 1.807) is 0 Å². The number of hydrogen-bond donors (Lipinski definition) is 1. The molecule has 1 aliphatic carbocycles. The van der Waals surface area contributed by atoms with Gasteiger partial charge in [-0.25, -0.2) is 0 Å². The molecular formula is C15H27N3. The summed E-state index contributed by atoms with van der Waals surface area (Å²) < 4.78 is 2.22. The summed E-state index contributed by atoms with van der Waals surface area (Å²) in [6, 6.07) is 2.94. The number of nitrogens with zero attached hydrogens (tertiary/aromatic N) is 2.